The summed E-state index contributed by atoms with van der Waals surface area (Å²) in [5, 5.41) is 11.1. The van der Waals surface area contributed by atoms with E-state index in [1.165, 1.54) is 4.57 Å². The molecule has 0 aliphatic heterocycles. The van der Waals surface area contributed by atoms with Gasteiger partial charge in [-0.3, -0.25) is 14.7 Å². The first-order chi connectivity index (χ1) is 14.0. The first-order valence-electron chi connectivity index (χ1n) is 9.01. The molecule has 0 aliphatic rings. The fourth-order valence-electron chi connectivity index (χ4n) is 2.55. The molecular formula is C20H21N5O3S. The number of nitrogens with one attached hydrogen (secondary N) is 3. The quantitative estimate of drug-likeness (QED) is 0.516. The predicted molar refractivity (Wildman–Crippen MR) is 111 cm³/mol. The van der Waals surface area contributed by atoms with Gasteiger partial charge in [0, 0.05) is 6.54 Å². The monoisotopic (exact) mass is 411 g/mol. The van der Waals surface area contributed by atoms with Crippen molar-refractivity contribution in [1.82, 2.24) is 25.4 Å². The molecule has 3 N–H and O–H groups in total. The minimum absolute atomic E-state index is 0.317. The molecule has 0 bridgehead atoms. The molecule has 0 saturated carbocycles. The van der Waals surface area contributed by atoms with Crippen molar-refractivity contribution < 1.29 is 9.59 Å². The molecule has 3 amide bonds. The van der Waals surface area contributed by atoms with Crippen molar-refractivity contribution in [2.75, 3.05) is 0 Å². The first-order valence-corrected chi connectivity index (χ1v) is 9.89. The lowest BCUT2D eigenvalue weighted by Gasteiger charge is -2.12. The second kappa shape index (κ2) is 9.74. The molecule has 8 nitrogen and oxygen atoms in total. The maximum Gasteiger partial charge on any atom is 0.344 e. The van der Waals surface area contributed by atoms with Crippen LogP contribution in [0.1, 0.15) is 18.1 Å². The number of carbonyl (C=O) groups excluding carboxylic acids is 2. The Morgan fingerprint density at radius 2 is 1.69 bits per heavy atom. The Labute approximate surface area is 171 Å². The second-order valence-corrected chi connectivity index (χ2v) is 7.61. The molecule has 1 aromatic heterocycles. The van der Waals surface area contributed by atoms with E-state index in [1.54, 1.807) is 6.92 Å². The normalized spacial score (nSPS) is 11.6. The van der Waals surface area contributed by atoms with E-state index in [-0.39, 0.29) is 5.69 Å². The van der Waals surface area contributed by atoms with Gasteiger partial charge in [0.1, 0.15) is 0 Å². The largest absolute Gasteiger partial charge is 0.344 e. The van der Waals surface area contributed by atoms with Gasteiger partial charge in [-0.05, 0) is 18.1 Å². The number of nitrogens with zero attached hydrogens (tertiary/aromatic N) is 2. The van der Waals surface area contributed by atoms with E-state index in [9.17, 15) is 14.4 Å². The average Bonchev–Trinajstić information content (AvgIpc) is 3.07. The van der Waals surface area contributed by atoms with Crippen molar-refractivity contribution in [3.05, 3.63) is 82.3 Å². The van der Waals surface area contributed by atoms with Crippen LogP contribution in [-0.2, 0) is 17.9 Å². The number of amides is 3. The Hall–Kier alpha value is -3.33. The third-order valence-corrected chi connectivity index (χ3v) is 5.18. The number of H-pyrrole nitrogens is 1. The Balaban J connectivity index is 1.55. The third kappa shape index (κ3) is 5.82. The second-order valence-electron chi connectivity index (χ2n) is 6.30. The number of thioether (sulfide) groups is 1. The van der Waals surface area contributed by atoms with E-state index < -0.39 is 17.2 Å². The van der Waals surface area contributed by atoms with Crippen LogP contribution in [0.3, 0.4) is 0 Å². The number of benzene rings is 2. The van der Waals surface area contributed by atoms with Crippen molar-refractivity contribution >= 4 is 23.7 Å². The number of urea groups is 1. The minimum Gasteiger partial charge on any atom is -0.334 e. The molecule has 0 spiro atoms. The molecule has 0 radical (unpaired) electrons. The van der Waals surface area contributed by atoms with E-state index in [1.807, 2.05) is 60.7 Å². The molecule has 150 valence electrons. The molecule has 1 atom stereocenters. The summed E-state index contributed by atoms with van der Waals surface area (Å²) in [6.07, 6.45) is 0. The molecule has 1 heterocycles. The van der Waals surface area contributed by atoms with Crippen LogP contribution in [0.15, 0.2) is 70.6 Å². The van der Waals surface area contributed by atoms with E-state index in [2.05, 4.69) is 20.8 Å². The van der Waals surface area contributed by atoms with Crippen LogP contribution in [0.2, 0.25) is 0 Å². The van der Waals surface area contributed by atoms with Crippen LogP contribution in [0, 0.1) is 0 Å². The highest BCUT2D eigenvalue weighted by molar-refractivity contribution is 8.00. The molecule has 0 aliphatic carbocycles. The van der Waals surface area contributed by atoms with Crippen LogP contribution in [0.25, 0.3) is 0 Å². The molecule has 2 aromatic carbocycles. The van der Waals surface area contributed by atoms with Crippen LogP contribution in [-0.4, -0.2) is 32.0 Å². The lowest BCUT2D eigenvalue weighted by Crippen LogP contribution is -2.42. The Morgan fingerprint density at radius 1 is 1.07 bits per heavy atom. The van der Waals surface area contributed by atoms with E-state index >= 15 is 0 Å². The lowest BCUT2D eigenvalue weighted by molar-refractivity contribution is -0.119. The Kier molecular flexibility index (Phi) is 6.85. The van der Waals surface area contributed by atoms with Crippen molar-refractivity contribution in [2.24, 2.45) is 0 Å². The van der Waals surface area contributed by atoms with Gasteiger partial charge in [0.25, 0.3) is 0 Å². The summed E-state index contributed by atoms with van der Waals surface area (Å²) in [6.45, 7) is 2.30. The van der Waals surface area contributed by atoms with Crippen molar-refractivity contribution in [2.45, 2.75) is 30.4 Å². The summed E-state index contributed by atoms with van der Waals surface area (Å²) in [4.78, 5) is 36.4. The molecule has 3 rings (SSSR count). The number of aromatic amines is 1. The summed E-state index contributed by atoms with van der Waals surface area (Å²) in [6, 6.07) is 18.3. The number of hydrogen-bond acceptors (Lipinski definition) is 5. The fraction of sp³-hybridized carbons (Fsp3) is 0.200. The van der Waals surface area contributed by atoms with E-state index in [0.29, 0.717) is 18.2 Å². The highest BCUT2D eigenvalue weighted by atomic mass is 32.2. The number of rotatable bonds is 7. The maximum absolute atomic E-state index is 12.3. The zero-order valence-corrected chi connectivity index (χ0v) is 16.6. The van der Waals surface area contributed by atoms with Gasteiger partial charge in [-0.2, -0.15) is 0 Å². The van der Waals surface area contributed by atoms with Gasteiger partial charge >= 0.3 is 11.7 Å². The molecule has 29 heavy (non-hydrogen) atoms. The third-order valence-electron chi connectivity index (χ3n) is 4.09. The topological polar surface area (TPSA) is 109 Å². The van der Waals surface area contributed by atoms with Gasteiger partial charge in [0.2, 0.25) is 5.91 Å². The molecule has 9 heteroatoms. The van der Waals surface area contributed by atoms with Gasteiger partial charge < -0.3 is 5.32 Å². The highest BCUT2D eigenvalue weighted by Gasteiger charge is 2.20. The average molecular weight is 411 g/mol. The van der Waals surface area contributed by atoms with Crippen LogP contribution in [0.5, 0.6) is 0 Å². The van der Waals surface area contributed by atoms with Gasteiger partial charge in [0.05, 0.1) is 11.8 Å². The summed E-state index contributed by atoms with van der Waals surface area (Å²) in [7, 11) is 0. The van der Waals surface area contributed by atoms with E-state index in [0.717, 1.165) is 22.9 Å². The van der Waals surface area contributed by atoms with Gasteiger partial charge in [-0.15, -0.1) is 5.10 Å². The lowest BCUT2D eigenvalue weighted by atomic mass is 10.2. The highest BCUT2D eigenvalue weighted by Crippen LogP contribution is 2.20. The minimum atomic E-state index is -0.623. The smallest absolute Gasteiger partial charge is 0.334 e. The molecule has 0 fully saturated rings. The Bertz CT molecular complexity index is 1020. The van der Waals surface area contributed by atoms with Crippen molar-refractivity contribution in [1.29, 1.82) is 0 Å². The molecule has 0 saturated heterocycles. The summed E-state index contributed by atoms with van der Waals surface area (Å²) in [5.41, 5.74) is 1.51. The SMILES string of the molecule is CC(Sc1n[nH]c(=O)n1Cc1ccccc1)C(=O)NC(=O)NCc1ccccc1. The number of hydrogen-bond donors (Lipinski definition) is 3. The summed E-state index contributed by atoms with van der Waals surface area (Å²) < 4.78 is 1.46. The number of aromatic nitrogens is 3. The first kappa shape index (κ1) is 20.4. The van der Waals surface area contributed by atoms with Gasteiger partial charge in [-0.25, -0.2) is 14.7 Å². The zero-order valence-electron chi connectivity index (χ0n) is 15.8. The Morgan fingerprint density at radius 3 is 2.34 bits per heavy atom. The molecular weight excluding hydrogens is 390 g/mol. The standard InChI is InChI=1S/C20H21N5O3S/c1-14(17(26)22-18(27)21-12-15-8-4-2-5-9-15)29-20-24-23-19(28)25(20)13-16-10-6-3-7-11-16/h2-11,14H,12-13H2,1H3,(H,23,28)(H2,21,22,26,27). The molecule has 1 unspecified atom stereocenters. The van der Waals surface area contributed by atoms with Gasteiger partial charge in [-0.1, -0.05) is 72.4 Å². The maximum atomic E-state index is 12.3. The molecule has 3 aromatic rings. The number of imide groups is 1. The fourth-order valence-corrected chi connectivity index (χ4v) is 3.40. The van der Waals surface area contributed by atoms with Crippen LogP contribution >= 0.6 is 11.8 Å². The van der Waals surface area contributed by atoms with Crippen LogP contribution in [0.4, 0.5) is 4.79 Å². The summed E-state index contributed by atoms with van der Waals surface area (Å²) in [5.74, 6) is -0.470. The zero-order chi connectivity index (χ0) is 20.6. The van der Waals surface area contributed by atoms with E-state index in [4.69, 9.17) is 0 Å². The van der Waals surface area contributed by atoms with Crippen molar-refractivity contribution in [3.8, 4) is 0 Å². The number of carbonyl (C=O) groups is 2. The van der Waals surface area contributed by atoms with Crippen molar-refractivity contribution in [3.63, 3.8) is 0 Å². The summed E-state index contributed by atoms with van der Waals surface area (Å²) >= 11 is 1.10. The van der Waals surface area contributed by atoms with Gasteiger partial charge in [0.15, 0.2) is 5.16 Å². The predicted octanol–water partition coefficient (Wildman–Crippen LogP) is 2.13. The van der Waals surface area contributed by atoms with Crippen LogP contribution < -0.4 is 16.3 Å².